The van der Waals surface area contributed by atoms with Crippen molar-refractivity contribution in [1.29, 1.82) is 0 Å². The van der Waals surface area contributed by atoms with Gasteiger partial charge < -0.3 is 20.3 Å². The molecule has 1 aliphatic rings. The summed E-state index contributed by atoms with van der Waals surface area (Å²) in [7, 11) is 5.79. The van der Waals surface area contributed by atoms with E-state index in [1.54, 1.807) is 7.11 Å². The van der Waals surface area contributed by atoms with Crippen LogP contribution in [0.2, 0.25) is 0 Å². The second-order valence-electron chi connectivity index (χ2n) is 7.88. The average molecular weight is 502 g/mol. The van der Waals surface area contributed by atoms with Crippen LogP contribution in [0.25, 0.3) is 0 Å². The van der Waals surface area contributed by atoms with Crippen molar-refractivity contribution in [1.82, 2.24) is 15.5 Å². The van der Waals surface area contributed by atoms with Crippen LogP contribution < -0.4 is 10.6 Å². The quantitative estimate of drug-likeness (QED) is 0.288. The van der Waals surface area contributed by atoms with Crippen molar-refractivity contribution in [2.75, 3.05) is 40.9 Å². The van der Waals surface area contributed by atoms with Gasteiger partial charge >= 0.3 is 0 Å². The maximum Gasteiger partial charge on any atom is 0.191 e. The Morgan fingerprint density at radius 1 is 1.21 bits per heavy atom. The van der Waals surface area contributed by atoms with Crippen LogP contribution in [0.3, 0.4) is 0 Å². The summed E-state index contributed by atoms with van der Waals surface area (Å²) in [6.45, 7) is 6.83. The Hall–Kier alpha value is -0.860. The molecule has 0 unspecified atom stereocenters. The van der Waals surface area contributed by atoms with Crippen molar-refractivity contribution in [2.45, 2.75) is 52.1 Å². The fourth-order valence-corrected chi connectivity index (χ4v) is 3.90. The SMILES string of the molecule is CCN(C)Cc1cccc(CNC(=NC)NCC2(CCOC)CCCC2)c1.I. The lowest BCUT2D eigenvalue weighted by molar-refractivity contribution is 0.138. The fraction of sp³-hybridized carbons (Fsp3) is 0.682. The lowest BCUT2D eigenvalue weighted by Crippen LogP contribution is -2.43. The first kappa shape index (κ1) is 25.2. The van der Waals surface area contributed by atoms with Crippen molar-refractivity contribution in [3.63, 3.8) is 0 Å². The summed E-state index contributed by atoms with van der Waals surface area (Å²) in [5.41, 5.74) is 3.00. The predicted molar refractivity (Wildman–Crippen MR) is 129 cm³/mol. The van der Waals surface area contributed by atoms with Gasteiger partial charge in [0.25, 0.3) is 0 Å². The van der Waals surface area contributed by atoms with Gasteiger partial charge in [0.2, 0.25) is 0 Å². The highest BCUT2D eigenvalue weighted by atomic mass is 127. The van der Waals surface area contributed by atoms with E-state index < -0.39 is 0 Å². The van der Waals surface area contributed by atoms with Gasteiger partial charge in [0, 0.05) is 40.4 Å². The first-order valence-electron chi connectivity index (χ1n) is 10.3. The zero-order valence-corrected chi connectivity index (χ0v) is 20.4. The minimum Gasteiger partial charge on any atom is -0.385 e. The van der Waals surface area contributed by atoms with E-state index in [0.29, 0.717) is 5.41 Å². The average Bonchev–Trinajstić information content (AvgIpc) is 3.16. The Morgan fingerprint density at radius 3 is 2.57 bits per heavy atom. The molecule has 2 N–H and O–H groups in total. The van der Waals surface area contributed by atoms with E-state index in [0.717, 1.165) is 45.2 Å². The normalized spacial score (nSPS) is 16.1. The molecule has 0 atom stereocenters. The molecule has 0 amide bonds. The van der Waals surface area contributed by atoms with Crippen molar-refractivity contribution in [2.24, 2.45) is 10.4 Å². The number of halogens is 1. The zero-order valence-electron chi connectivity index (χ0n) is 18.1. The molecule has 0 aromatic heterocycles. The van der Waals surface area contributed by atoms with Crippen LogP contribution in [-0.2, 0) is 17.8 Å². The molecular weight excluding hydrogens is 463 g/mol. The third-order valence-electron chi connectivity index (χ3n) is 5.80. The van der Waals surface area contributed by atoms with Gasteiger partial charge in [-0.15, -0.1) is 24.0 Å². The van der Waals surface area contributed by atoms with Gasteiger partial charge in [-0.2, -0.15) is 0 Å². The summed E-state index contributed by atoms with van der Waals surface area (Å²) >= 11 is 0. The highest BCUT2D eigenvalue weighted by molar-refractivity contribution is 14.0. The fourth-order valence-electron chi connectivity index (χ4n) is 3.90. The number of rotatable bonds is 10. The molecule has 5 nitrogen and oxygen atoms in total. The summed E-state index contributed by atoms with van der Waals surface area (Å²) in [5, 5.41) is 7.03. The van der Waals surface area contributed by atoms with Gasteiger partial charge in [0.15, 0.2) is 5.96 Å². The molecule has 1 aromatic rings. The monoisotopic (exact) mass is 502 g/mol. The molecule has 0 spiro atoms. The molecule has 160 valence electrons. The molecule has 0 saturated heterocycles. The smallest absolute Gasteiger partial charge is 0.191 e. The van der Waals surface area contributed by atoms with E-state index in [1.807, 2.05) is 7.05 Å². The van der Waals surface area contributed by atoms with Crippen LogP contribution in [0.5, 0.6) is 0 Å². The van der Waals surface area contributed by atoms with Crippen LogP contribution in [0.4, 0.5) is 0 Å². The Labute approximate surface area is 188 Å². The zero-order chi connectivity index (χ0) is 19.5. The second kappa shape index (κ2) is 13.4. The van der Waals surface area contributed by atoms with E-state index in [2.05, 4.69) is 58.8 Å². The first-order chi connectivity index (χ1) is 13.1. The van der Waals surface area contributed by atoms with Gasteiger partial charge in [-0.1, -0.05) is 44.0 Å². The maximum absolute atomic E-state index is 5.34. The van der Waals surface area contributed by atoms with Crippen LogP contribution >= 0.6 is 24.0 Å². The second-order valence-corrected chi connectivity index (χ2v) is 7.88. The maximum atomic E-state index is 5.34. The van der Waals surface area contributed by atoms with Crippen LogP contribution in [0.1, 0.15) is 50.2 Å². The summed E-state index contributed by atoms with van der Waals surface area (Å²) in [6, 6.07) is 8.79. The van der Waals surface area contributed by atoms with Gasteiger partial charge in [-0.05, 0) is 49.4 Å². The van der Waals surface area contributed by atoms with Crippen molar-refractivity contribution in [3.05, 3.63) is 35.4 Å². The molecule has 1 aliphatic carbocycles. The minimum atomic E-state index is 0. The number of nitrogens with one attached hydrogen (secondary N) is 2. The van der Waals surface area contributed by atoms with Gasteiger partial charge in [0.1, 0.15) is 0 Å². The van der Waals surface area contributed by atoms with Crippen molar-refractivity contribution in [3.8, 4) is 0 Å². The number of guanidine groups is 1. The number of aliphatic imine (C=N–C) groups is 1. The molecule has 0 bridgehead atoms. The summed E-state index contributed by atoms with van der Waals surface area (Å²) in [5.74, 6) is 0.884. The molecule has 1 fully saturated rings. The predicted octanol–water partition coefficient (Wildman–Crippen LogP) is 4.02. The number of ether oxygens (including phenoxy) is 1. The van der Waals surface area contributed by atoms with Gasteiger partial charge in [-0.3, -0.25) is 4.99 Å². The Bertz CT molecular complexity index is 588. The van der Waals surface area contributed by atoms with Gasteiger partial charge in [-0.25, -0.2) is 0 Å². The molecule has 28 heavy (non-hydrogen) atoms. The minimum absolute atomic E-state index is 0. The molecule has 2 rings (SSSR count). The molecule has 0 aliphatic heterocycles. The van der Waals surface area contributed by atoms with E-state index in [9.17, 15) is 0 Å². The molecule has 0 radical (unpaired) electrons. The number of methoxy groups -OCH3 is 1. The van der Waals surface area contributed by atoms with E-state index >= 15 is 0 Å². The first-order valence-corrected chi connectivity index (χ1v) is 10.3. The van der Waals surface area contributed by atoms with Crippen molar-refractivity contribution >= 4 is 29.9 Å². The van der Waals surface area contributed by atoms with Gasteiger partial charge in [0.05, 0.1) is 0 Å². The van der Waals surface area contributed by atoms with E-state index in [1.165, 1.54) is 36.8 Å². The van der Waals surface area contributed by atoms with E-state index in [4.69, 9.17) is 4.74 Å². The summed E-state index contributed by atoms with van der Waals surface area (Å²) < 4.78 is 5.34. The number of hydrogen-bond donors (Lipinski definition) is 2. The highest BCUT2D eigenvalue weighted by Gasteiger charge is 2.33. The number of benzene rings is 1. The summed E-state index contributed by atoms with van der Waals surface area (Å²) in [4.78, 5) is 6.73. The Kier molecular flexibility index (Phi) is 12.0. The standard InChI is InChI=1S/C22H38N4O.HI/c1-5-26(3)17-20-10-8-9-19(15-20)16-24-21(23-2)25-18-22(13-14-27-4)11-6-7-12-22;/h8-10,15H,5-7,11-14,16-18H2,1-4H3,(H2,23,24,25);1H. The number of nitrogens with zero attached hydrogens (tertiary/aromatic N) is 2. The molecule has 1 saturated carbocycles. The Morgan fingerprint density at radius 2 is 1.93 bits per heavy atom. The van der Waals surface area contributed by atoms with Crippen LogP contribution in [0.15, 0.2) is 29.3 Å². The lowest BCUT2D eigenvalue weighted by Gasteiger charge is -2.30. The van der Waals surface area contributed by atoms with E-state index in [-0.39, 0.29) is 24.0 Å². The lowest BCUT2D eigenvalue weighted by atomic mass is 9.83. The summed E-state index contributed by atoms with van der Waals surface area (Å²) in [6.07, 6.45) is 6.36. The Balaban J connectivity index is 0.00000392. The highest BCUT2D eigenvalue weighted by Crippen LogP contribution is 2.40. The molecule has 0 heterocycles. The van der Waals surface area contributed by atoms with Crippen LogP contribution in [0, 0.1) is 5.41 Å². The molecule has 6 heteroatoms. The molecule has 1 aromatic carbocycles. The third kappa shape index (κ3) is 8.25. The van der Waals surface area contributed by atoms with Crippen molar-refractivity contribution < 1.29 is 4.74 Å². The molecular formula is C22H39IN4O. The van der Waals surface area contributed by atoms with Crippen LogP contribution in [-0.4, -0.2) is 51.8 Å². The third-order valence-corrected chi connectivity index (χ3v) is 5.80. The largest absolute Gasteiger partial charge is 0.385 e. The number of hydrogen-bond acceptors (Lipinski definition) is 3. The topological polar surface area (TPSA) is 48.9 Å².